The number of carbonyl (C=O) groups is 1. The SMILES string of the molecule is COc1ccc(-c2ccc(C)nc2)cc1C(=O)Nc1cccc(-c2nncn2[C@H]2CCC(C)C2)n1. The quantitative estimate of drug-likeness (QED) is 0.411. The molecule has 0 aliphatic heterocycles. The highest BCUT2D eigenvalue weighted by Crippen LogP contribution is 2.36. The van der Waals surface area contributed by atoms with Gasteiger partial charge in [-0.25, -0.2) is 4.98 Å². The van der Waals surface area contributed by atoms with Crippen LogP contribution >= 0.6 is 0 Å². The monoisotopic (exact) mass is 468 g/mol. The molecule has 2 atom stereocenters. The van der Waals surface area contributed by atoms with Crippen molar-refractivity contribution >= 4 is 11.7 Å². The minimum absolute atomic E-state index is 0.306. The number of nitrogens with zero attached hydrogens (tertiary/aromatic N) is 5. The average molecular weight is 469 g/mol. The Balaban J connectivity index is 1.41. The Morgan fingerprint density at radius 1 is 1.11 bits per heavy atom. The molecule has 5 rings (SSSR count). The van der Waals surface area contributed by atoms with Crippen LogP contribution in [0.1, 0.15) is 48.3 Å². The molecule has 4 aromatic rings. The number of ether oxygens (including phenoxy) is 1. The van der Waals surface area contributed by atoms with E-state index in [2.05, 4.69) is 37.0 Å². The smallest absolute Gasteiger partial charge is 0.260 e. The molecule has 3 aromatic heterocycles. The van der Waals surface area contributed by atoms with Crippen LogP contribution in [0.3, 0.4) is 0 Å². The van der Waals surface area contributed by atoms with E-state index in [0.717, 1.165) is 29.7 Å². The number of benzene rings is 1. The van der Waals surface area contributed by atoms with E-state index in [9.17, 15) is 4.79 Å². The molecule has 0 bridgehead atoms. The first kappa shape index (κ1) is 22.7. The Bertz CT molecular complexity index is 1350. The molecule has 8 nitrogen and oxygen atoms in total. The molecule has 0 radical (unpaired) electrons. The summed E-state index contributed by atoms with van der Waals surface area (Å²) in [4.78, 5) is 22.3. The molecular formula is C27H28N6O2. The summed E-state index contributed by atoms with van der Waals surface area (Å²) in [5.74, 6) is 2.02. The fourth-order valence-electron chi connectivity index (χ4n) is 4.64. The standard InChI is InChI=1S/C27H28N6O2/c1-17-7-11-21(13-17)33-16-29-32-26(33)23-5-4-6-25(30-23)31-27(34)22-14-19(10-12-24(22)35-3)20-9-8-18(2)28-15-20/h4-6,8-10,12,14-17,21H,7,11,13H2,1-3H3,(H,30,31,34)/t17?,21-/m0/s1. The van der Waals surface area contributed by atoms with Crippen LogP contribution in [-0.2, 0) is 0 Å². The van der Waals surface area contributed by atoms with E-state index in [1.807, 2.05) is 43.3 Å². The number of hydrogen-bond acceptors (Lipinski definition) is 6. The lowest BCUT2D eigenvalue weighted by molar-refractivity contribution is 0.102. The predicted molar refractivity (Wildman–Crippen MR) is 134 cm³/mol. The number of carbonyl (C=O) groups excluding carboxylic acids is 1. The van der Waals surface area contributed by atoms with Crippen molar-refractivity contribution in [1.29, 1.82) is 0 Å². The van der Waals surface area contributed by atoms with Crippen molar-refractivity contribution in [2.75, 3.05) is 12.4 Å². The molecule has 1 aliphatic carbocycles. The lowest BCUT2D eigenvalue weighted by Crippen LogP contribution is -2.15. The van der Waals surface area contributed by atoms with Gasteiger partial charge in [0.1, 0.15) is 23.6 Å². The van der Waals surface area contributed by atoms with E-state index in [1.165, 1.54) is 6.42 Å². The number of nitrogens with one attached hydrogen (secondary N) is 1. The number of amides is 1. The van der Waals surface area contributed by atoms with Gasteiger partial charge < -0.3 is 14.6 Å². The van der Waals surface area contributed by atoms with Crippen LogP contribution in [-0.4, -0.2) is 37.7 Å². The van der Waals surface area contributed by atoms with Gasteiger partial charge in [0, 0.05) is 23.5 Å². The molecule has 1 fully saturated rings. The molecule has 35 heavy (non-hydrogen) atoms. The maximum atomic E-state index is 13.3. The average Bonchev–Trinajstić information content (AvgIpc) is 3.53. The van der Waals surface area contributed by atoms with Crippen molar-refractivity contribution in [3.05, 3.63) is 72.3 Å². The Hall–Kier alpha value is -4.07. The van der Waals surface area contributed by atoms with Crippen LogP contribution < -0.4 is 10.1 Å². The summed E-state index contributed by atoms with van der Waals surface area (Å²) >= 11 is 0. The second-order valence-corrected chi connectivity index (χ2v) is 9.10. The van der Waals surface area contributed by atoms with Gasteiger partial charge in [0.05, 0.1) is 12.7 Å². The fourth-order valence-corrected chi connectivity index (χ4v) is 4.64. The Morgan fingerprint density at radius 3 is 2.71 bits per heavy atom. The summed E-state index contributed by atoms with van der Waals surface area (Å²) in [6.45, 7) is 4.21. The number of hydrogen-bond donors (Lipinski definition) is 1. The molecule has 0 saturated heterocycles. The topological polar surface area (TPSA) is 94.8 Å². The van der Waals surface area contributed by atoms with Crippen molar-refractivity contribution in [2.45, 2.75) is 39.2 Å². The lowest BCUT2D eigenvalue weighted by atomic mass is 10.0. The van der Waals surface area contributed by atoms with Gasteiger partial charge in [-0.15, -0.1) is 10.2 Å². The maximum absolute atomic E-state index is 13.3. The second kappa shape index (κ2) is 9.66. The number of aryl methyl sites for hydroxylation is 1. The van der Waals surface area contributed by atoms with E-state index < -0.39 is 0 Å². The molecule has 8 heteroatoms. The van der Waals surface area contributed by atoms with E-state index in [1.54, 1.807) is 31.8 Å². The molecule has 1 N–H and O–H groups in total. The zero-order valence-electron chi connectivity index (χ0n) is 20.1. The van der Waals surface area contributed by atoms with E-state index >= 15 is 0 Å². The van der Waals surface area contributed by atoms with Crippen LogP contribution in [0.5, 0.6) is 5.75 Å². The normalized spacial score (nSPS) is 17.3. The number of aromatic nitrogens is 5. The number of pyridine rings is 2. The van der Waals surface area contributed by atoms with Crippen LogP contribution in [0.15, 0.2) is 61.1 Å². The van der Waals surface area contributed by atoms with Gasteiger partial charge in [0.15, 0.2) is 5.82 Å². The highest BCUT2D eigenvalue weighted by molar-refractivity contribution is 6.06. The molecule has 1 saturated carbocycles. The van der Waals surface area contributed by atoms with E-state index in [4.69, 9.17) is 4.74 Å². The van der Waals surface area contributed by atoms with Crippen molar-refractivity contribution < 1.29 is 9.53 Å². The van der Waals surface area contributed by atoms with Gasteiger partial charge in [-0.2, -0.15) is 0 Å². The third-order valence-corrected chi connectivity index (χ3v) is 6.54. The maximum Gasteiger partial charge on any atom is 0.260 e. The first-order chi connectivity index (χ1) is 17.0. The lowest BCUT2D eigenvalue weighted by Gasteiger charge is -2.14. The number of rotatable bonds is 6. The minimum Gasteiger partial charge on any atom is -0.496 e. The predicted octanol–water partition coefficient (Wildman–Crippen LogP) is 5.33. The molecule has 3 heterocycles. The largest absolute Gasteiger partial charge is 0.496 e. The molecule has 1 aliphatic rings. The fraction of sp³-hybridized carbons (Fsp3) is 0.296. The van der Waals surface area contributed by atoms with Crippen molar-refractivity contribution in [2.24, 2.45) is 5.92 Å². The molecular weight excluding hydrogens is 440 g/mol. The highest BCUT2D eigenvalue weighted by Gasteiger charge is 2.25. The second-order valence-electron chi connectivity index (χ2n) is 9.10. The number of anilines is 1. The summed E-state index contributed by atoms with van der Waals surface area (Å²) in [6.07, 6.45) is 6.99. The van der Waals surface area contributed by atoms with Crippen LogP contribution in [0.25, 0.3) is 22.6 Å². The summed E-state index contributed by atoms with van der Waals surface area (Å²) in [5, 5.41) is 11.4. The van der Waals surface area contributed by atoms with Crippen LogP contribution in [0, 0.1) is 12.8 Å². The van der Waals surface area contributed by atoms with Crippen molar-refractivity contribution in [1.82, 2.24) is 24.7 Å². The van der Waals surface area contributed by atoms with Gasteiger partial charge in [0.25, 0.3) is 5.91 Å². The Labute approximate surface area is 204 Å². The van der Waals surface area contributed by atoms with Crippen molar-refractivity contribution in [3.63, 3.8) is 0 Å². The summed E-state index contributed by atoms with van der Waals surface area (Å²) in [6, 6.07) is 15.3. The third-order valence-electron chi connectivity index (χ3n) is 6.54. The minimum atomic E-state index is -0.306. The zero-order valence-corrected chi connectivity index (χ0v) is 20.1. The highest BCUT2D eigenvalue weighted by atomic mass is 16.5. The zero-order chi connectivity index (χ0) is 24.4. The summed E-state index contributed by atoms with van der Waals surface area (Å²) < 4.78 is 7.57. The third kappa shape index (κ3) is 4.77. The van der Waals surface area contributed by atoms with Gasteiger partial charge >= 0.3 is 0 Å². The molecule has 1 unspecified atom stereocenters. The molecule has 178 valence electrons. The van der Waals surface area contributed by atoms with Crippen molar-refractivity contribution in [3.8, 4) is 28.4 Å². The summed E-state index contributed by atoms with van der Waals surface area (Å²) in [7, 11) is 1.55. The summed E-state index contributed by atoms with van der Waals surface area (Å²) in [5.41, 5.74) is 3.83. The molecule has 0 spiro atoms. The number of methoxy groups -OCH3 is 1. The van der Waals surface area contributed by atoms with Gasteiger partial charge in [-0.05, 0) is 68.0 Å². The molecule has 1 amide bonds. The Morgan fingerprint density at radius 2 is 1.97 bits per heavy atom. The van der Waals surface area contributed by atoms with Crippen LogP contribution in [0.4, 0.5) is 5.82 Å². The van der Waals surface area contributed by atoms with E-state index in [0.29, 0.717) is 40.6 Å². The first-order valence-corrected chi connectivity index (χ1v) is 11.8. The Kier molecular flexibility index (Phi) is 6.27. The van der Waals surface area contributed by atoms with Gasteiger partial charge in [0.2, 0.25) is 0 Å². The van der Waals surface area contributed by atoms with Crippen LogP contribution in [0.2, 0.25) is 0 Å². The first-order valence-electron chi connectivity index (χ1n) is 11.8. The van der Waals surface area contributed by atoms with Gasteiger partial charge in [-0.3, -0.25) is 9.78 Å². The van der Waals surface area contributed by atoms with E-state index in [-0.39, 0.29) is 5.91 Å². The molecule has 1 aromatic carbocycles. The van der Waals surface area contributed by atoms with Gasteiger partial charge in [-0.1, -0.05) is 25.1 Å².